The number of nitrogens with one attached hydrogen (secondary N) is 1. The number of nitrogens with zero attached hydrogens (tertiary/aromatic N) is 2. The molecular formula is C14H19N3O2. The van der Waals surface area contributed by atoms with Gasteiger partial charge in [-0.2, -0.15) is 4.98 Å². The molecule has 2 aromatic rings. The number of phenols is 1. The van der Waals surface area contributed by atoms with Gasteiger partial charge in [0.15, 0.2) is 5.82 Å². The van der Waals surface area contributed by atoms with Crippen LogP contribution in [0.4, 0.5) is 0 Å². The largest absolute Gasteiger partial charge is 0.508 e. The van der Waals surface area contributed by atoms with E-state index < -0.39 is 0 Å². The summed E-state index contributed by atoms with van der Waals surface area (Å²) in [7, 11) is 0. The predicted octanol–water partition coefficient (Wildman–Crippen LogP) is 2.37. The monoisotopic (exact) mass is 261 g/mol. The molecule has 0 spiro atoms. The molecule has 1 heterocycles. The first-order valence-electron chi connectivity index (χ1n) is 6.50. The van der Waals surface area contributed by atoms with Gasteiger partial charge in [0.25, 0.3) is 0 Å². The fraction of sp³-hybridized carbons (Fsp3) is 0.429. The Labute approximate surface area is 112 Å². The summed E-state index contributed by atoms with van der Waals surface area (Å²) >= 11 is 0. The summed E-state index contributed by atoms with van der Waals surface area (Å²) in [6, 6.07) is 7.56. The number of aromatic hydroxyl groups is 1. The van der Waals surface area contributed by atoms with Crippen LogP contribution < -0.4 is 5.32 Å². The Morgan fingerprint density at radius 1 is 1.32 bits per heavy atom. The number of phenolic OH excluding ortho intramolecular Hbond substituents is 1. The maximum absolute atomic E-state index is 9.29. The van der Waals surface area contributed by atoms with Crippen molar-refractivity contribution >= 4 is 0 Å². The van der Waals surface area contributed by atoms with Crippen LogP contribution in [0.25, 0.3) is 0 Å². The van der Waals surface area contributed by atoms with Crippen molar-refractivity contribution in [3.05, 3.63) is 41.5 Å². The summed E-state index contributed by atoms with van der Waals surface area (Å²) in [5, 5.41) is 16.5. The molecule has 2 rings (SSSR count). The molecule has 5 heteroatoms. The molecule has 0 bridgehead atoms. The molecule has 2 N–H and O–H groups in total. The molecule has 5 nitrogen and oxygen atoms in total. The summed E-state index contributed by atoms with van der Waals surface area (Å²) in [6.45, 7) is 4.72. The summed E-state index contributed by atoms with van der Waals surface area (Å²) in [5.74, 6) is 1.62. The van der Waals surface area contributed by atoms with Crippen LogP contribution in [0.15, 0.2) is 28.8 Å². The lowest BCUT2D eigenvalue weighted by molar-refractivity contribution is 0.368. The summed E-state index contributed by atoms with van der Waals surface area (Å²) in [5.41, 5.74) is 1.17. The van der Waals surface area contributed by atoms with Gasteiger partial charge in [-0.05, 0) is 31.0 Å². The number of benzene rings is 1. The van der Waals surface area contributed by atoms with E-state index >= 15 is 0 Å². The van der Waals surface area contributed by atoms with Crippen molar-refractivity contribution in [3.63, 3.8) is 0 Å². The van der Waals surface area contributed by atoms with E-state index in [4.69, 9.17) is 4.52 Å². The van der Waals surface area contributed by atoms with Crippen LogP contribution >= 0.6 is 0 Å². The zero-order valence-electron chi connectivity index (χ0n) is 11.3. The molecule has 0 aliphatic carbocycles. The van der Waals surface area contributed by atoms with Crippen molar-refractivity contribution < 1.29 is 9.63 Å². The minimum Gasteiger partial charge on any atom is -0.508 e. The van der Waals surface area contributed by atoms with E-state index in [1.54, 1.807) is 12.1 Å². The lowest BCUT2D eigenvalue weighted by Crippen LogP contribution is -2.23. The molecule has 19 heavy (non-hydrogen) atoms. The van der Waals surface area contributed by atoms with E-state index in [-0.39, 0.29) is 6.04 Å². The van der Waals surface area contributed by atoms with Gasteiger partial charge in [0, 0.05) is 19.0 Å². The second-order valence-electron chi connectivity index (χ2n) is 4.49. The number of rotatable bonds is 6. The highest BCUT2D eigenvalue weighted by atomic mass is 16.5. The molecular weight excluding hydrogens is 242 g/mol. The zero-order chi connectivity index (χ0) is 13.7. The van der Waals surface area contributed by atoms with Crippen LogP contribution in [-0.4, -0.2) is 21.8 Å². The smallest absolute Gasteiger partial charge is 0.227 e. The Hall–Kier alpha value is -1.88. The van der Waals surface area contributed by atoms with Gasteiger partial charge in [-0.3, -0.25) is 0 Å². The average molecular weight is 261 g/mol. The standard InChI is InChI=1S/C14H19N3O2/c1-3-13(11-4-6-12(18)7-5-11)15-9-8-14-16-10(2)17-19-14/h4-7,13,15,18H,3,8-9H2,1-2H3. The Morgan fingerprint density at radius 3 is 2.63 bits per heavy atom. The van der Waals surface area contributed by atoms with Gasteiger partial charge in [-0.1, -0.05) is 24.2 Å². The third-order valence-electron chi connectivity index (χ3n) is 3.00. The van der Waals surface area contributed by atoms with E-state index in [2.05, 4.69) is 22.4 Å². The van der Waals surface area contributed by atoms with Crippen molar-refractivity contribution in [1.82, 2.24) is 15.5 Å². The van der Waals surface area contributed by atoms with Crippen LogP contribution in [0.2, 0.25) is 0 Å². The van der Waals surface area contributed by atoms with Gasteiger partial charge in [-0.25, -0.2) is 0 Å². The van der Waals surface area contributed by atoms with Gasteiger partial charge >= 0.3 is 0 Å². The molecule has 102 valence electrons. The van der Waals surface area contributed by atoms with Crippen molar-refractivity contribution in [2.75, 3.05) is 6.54 Å². The third-order valence-corrected chi connectivity index (χ3v) is 3.00. The first-order valence-corrected chi connectivity index (χ1v) is 6.50. The van der Waals surface area contributed by atoms with Gasteiger partial charge in [0.1, 0.15) is 5.75 Å². The van der Waals surface area contributed by atoms with Gasteiger partial charge in [-0.15, -0.1) is 0 Å². The fourth-order valence-corrected chi connectivity index (χ4v) is 2.00. The number of hydrogen-bond acceptors (Lipinski definition) is 5. The highest BCUT2D eigenvalue weighted by Gasteiger charge is 2.09. The average Bonchev–Trinajstić information content (AvgIpc) is 2.82. The topological polar surface area (TPSA) is 71.2 Å². The molecule has 0 saturated carbocycles. The van der Waals surface area contributed by atoms with E-state index in [9.17, 15) is 5.11 Å². The fourth-order valence-electron chi connectivity index (χ4n) is 2.00. The normalized spacial score (nSPS) is 12.5. The number of aryl methyl sites for hydroxylation is 1. The Bertz CT molecular complexity index is 508. The first kappa shape index (κ1) is 13.5. The van der Waals surface area contributed by atoms with Gasteiger partial charge in [0.05, 0.1) is 0 Å². The van der Waals surface area contributed by atoms with Gasteiger partial charge in [0.2, 0.25) is 5.89 Å². The Balaban J connectivity index is 1.87. The van der Waals surface area contributed by atoms with E-state index in [0.29, 0.717) is 17.5 Å². The molecule has 0 aliphatic heterocycles. The highest BCUT2D eigenvalue weighted by Crippen LogP contribution is 2.19. The summed E-state index contributed by atoms with van der Waals surface area (Å²) < 4.78 is 5.07. The molecule has 1 aromatic heterocycles. The maximum atomic E-state index is 9.29. The molecule has 0 amide bonds. The van der Waals surface area contributed by atoms with Crippen molar-refractivity contribution in [2.24, 2.45) is 0 Å². The minimum atomic E-state index is 0.268. The minimum absolute atomic E-state index is 0.268. The highest BCUT2D eigenvalue weighted by molar-refractivity contribution is 5.27. The first-order chi connectivity index (χ1) is 9.19. The zero-order valence-corrected chi connectivity index (χ0v) is 11.3. The van der Waals surface area contributed by atoms with Crippen molar-refractivity contribution in [3.8, 4) is 5.75 Å². The molecule has 0 fully saturated rings. The Kier molecular flexibility index (Phi) is 4.52. The molecule has 1 atom stereocenters. The summed E-state index contributed by atoms with van der Waals surface area (Å²) in [6.07, 6.45) is 1.70. The van der Waals surface area contributed by atoms with E-state index in [1.807, 2.05) is 19.1 Å². The summed E-state index contributed by atoms with van der Waals surface area (Å²) in [4.78, 5) is 4.17. The molecule has 0 saturated heterocycles. The molecule has 0 radical (unpaired) electrons. The van der Waals surface area contributed by atoms with Gasteiger partial charge < -0.3 is 14.9 Å². The van der Waals surface area contributed by atoms with Crippen molar-refractivity contribution in [2.45, 2.75) is 32.7 Å². The number of hydrogen-bond donors (Lipinski definition) is 2. The second kappa shape index (κ2) is 6.33. The SMILES string of the molecule is CCC(NCCc1nc(C)no1)c1ccc(O)cc1. The number of aromatic nitrogens is 2. The molecule has 1 unspecified atom stereocenters. The van der Waals surface area contributed by atoms with Crippen LogP contribution in [0.5, 0.6) is 5.75 Å². The maximum Gasteiger partial charge on any atom is 0.227 e. The second-order valence-corrected chi connectivity index (χ2v) is 4.49. The molecule has 1 aromatic carbocycles. The van der Waals surface area contributed by atoms with Crippen LogP contribution in [-0.2, 0) is 6.42 Å². The van der Waals surface area contributed by atoms with E-state index in [1.165, 1.54) is 5.56 Å². The van der Waals surface area contributed by atoms with E-state index in [0.717, 1.165) is 19.4 Å². The van der Waals surface area contributed by atoms with Crippen molar-refractivity contribution in [1.29, 1.82) is 0 Å². The predicted molar refractivity (Wildman–Crippen MR) is 71.9 cm³/mol. The lowest BCUT2D eigenvalue weighted by Gasteiger charge is -2.16. The van der Waals surface area contributed by atoms with Crippen LogP contribution in [0, 0.1) is 6.92 Å². The third kappa shape index (κ3) is 3.79. The quantitative estimate of drug-likeness (QED) is 0.835. The van der Waals surface area contributed by atoms with Crippen LogP contribution in [0.3, 0.4) is 0 Å². The molecule has 0 aliphatic rings. The lowest BCUT2D eigenvalue weighted by atomic mass is 10.0. The van der Waals surface area contributed by atoms with Crippen LogP contribution in [0.1, 0.15) is 36.7 Å². The Morgan fingerprint density at radius 2 is 2.05 bits per heavy atom.